The predicted molar refractivity (Wildman–Crippen MR) is 143 cm³/mol. The molecule has 0 bridgehead atoms. The Balaban J connectivity index is 1.58. The van der Waals surface area contributed by atoms with Crippen molar-refractivity contribution in [2.45, 2.75) is 46.0 Å². The fourth-order valence-electron chi connectivity index (χ4n) is 4.70. The lowest BCUT2D eigenvalue weighted by Gasteiger charge is -2.12. The third-order valence-electron chi connectivity index (χ3n) is 6.43. The molecular formula is C29H29N3O3S. The maximum Gasteiger partial charge on any atom is 0.341 e. The van der Waals surface area contributed by atoms with Gasteiger partial charge in [-0.15, -0.1) is 11.3 Å². The molecule has 0 saturated heterocycles. The Morgan fingerprint density at radius 2 is 1.69 bits per heavy atom. The molecule has 36 heavy (non-hydrogen) atoms. The maximum atomic E-state index is 13.9. The summed E-state index contributed by atoms with van der Waals surface area (Å²) in [5.74, 6) is -0.636. The molecule has 0 unspecified atom stereocenters. The van der Waals surface area contributed by atoms with Crippen LogP contribution in [0.25, 0.3) is 16.9 Å². The van der Waals surface area contributed by atoms with Crippen LogP contribution in [0, 0.1) is 6.92 Å². The first kappa shape index (κ1) is 24.0. The van der Waals surface area contributed by atoms with Gasteiger partial charge in [0, 0.05) is 10.4 Å². The lowest BCUT2D eigenvalue weighted by molar-refractivity contribution is 0.0505. The van der Waals surface area contributed by atoms with E-state index in [9.17, 15) is 9.59 Å². The van der Waals surface area contributed by atoms with Crippen molar-refractivity contribution in [1.29, 1.82) is 0 Å². The number of benzene rings is 2. The van der Waals surface area contributed by atoms with Gasteiger partial charge in [-0.3, -0.25) is 4.79 Å². The van der Waals surface area contributed by atoms with Crippen molar-refractivity contribution in [3.63, 3.8) is 0 Å². The van der Waals surface area contributed by atoms with Gasteiger partial charge in [-0.1, -0.05) is 55.5 Å². The molecule has 184 valence electrons. The Morgan fingerprint density at radius 1 is 1.00 bits per heavy atom. The quantitative estimate of drug-likeness (QED) is 0.291. The summed E-state index contributed by atoms with van der Waals surface area (Å²) in [6.07, 6.45) is 4.62. The minimum absolute atomic E-state index is 0.281. The number of esters is 1. The Hall–Kier alpha value is -3.71. The van der Waals surface area contributed by atoms with Gasteiger partial charge in [-0.25, -0.2) is 9.48 Å². The lowest BCUT2D eigenvalue weighted by Crippen LogP contribution is -2.17. The van der Waals surface area contributed by atoms with Crippen LogP contribution in [-0.4, -0.2) is 28.3 Å². The number of amides is 1. The molecule has 0 saturated carbocycles. The van der Waals surface area contributed by atoms with E-state index in [1.54, 1.807) is 4.68 Å². The summed E-state index contributed by atoms with van der Waals surface area (Å²) < 4.78 is 7.31. The molecule has 2 aromatic heterocycles. The number of fused-ring (bicyclic) bond motifs is 1. The number of carbonyl (C=O) groups is 2. The third kappa shape index (κ3) is 4.58. The van der Waals surface area contributed by atoms with Crippen molar-refractivity contribution in [3.8, 4) is 16.9 Å². The zero-order chi connectivity index (χ0) is 25.1. The first-order valence-electron chi connectivity index (χ1n) is 12.4. The number of thiophene rings is 1. The molecule has 1 aliphatic carbocycles. The minimum atomic E-state index is -0.355. The summed E-state index contributed by atoms with van der Waals surface area (Å²) in [6.45, 7) is 4.23. The zero-order valence-corrected chi connectivity index (χ0v) is 21.4. The zero-order valence-electron chi connectivity index (χ0n) is 20.5. The predicted octanol–water partition coefficient (Wildman–Crippen LogP) is 6.61. The number of hydrogen-bond donors (Lipinski definition) is 1. The van der Waals surface area contributed by atoms with Crippen molar-refractivity contribution in [2.24, 2.45) is 0 Å². The number of carbonyl (C=O) groups excluding carboxylic acids is 2. The van der Waals surface area contributed by atoms with Gasteiger partial charge < -0.3 is 10.1 Å². The van der Waals surface area contributed by atoms with E-state index in [-0.39, 0.29) is 11.9 Å². The second-order valence-electron chi connectivity index (χ2n) is 8.93. The molecule has 0 atom stereocenters. The molecule has 1 N–H and O–H groups in total. The summed E-state index contributed by atoms with van der Waals surface area (Å²) in [5, 5.41) is 8.49. The summed E-state index contributed by atoms with van der Waals surface area (Å²) >= 11 is 1.50. The standard InChI is InChI=1S/C29H29N3O3S/c1-3-18-35-29(34)25-22-16-10-11-17-23(22)36-28(25)30-27(33)24-19(2)32(21-14-8-5-9-15-21)31-26(24)20-12-6-4-7-13-20/h4-9,12-15H,3,10-11,16-18H2,1-2H3,(H,30,33). The average Bonchev–Trinajstić information content (AvgIpc) is 3.45. The molecule has 0 aliphatic heterocycles. The molecule has 0 spiro atoms. The monoisotopic (exact) mass is 499 g/mol. The molecule has 1 aliphatic rings. The van der Waals surface area contributed by atoms with Crippen molar-refractivity contribution < 1.29 is 14.3 Å². The van der Waals surface area contributed by atoms with Crippen LogP contribution in [0.15, 0.2) is 60.7 Å². The number of aromatic nitrogens is 2. The molecule has 2 heterocycles. The van der Waals surface area contributed by atoms with E-state index in [1.165, 1.54) is 16.2 Å². The van der Waals surface area contributed by atoms with Crippen LogP contribution in [0.4, 0.5) is 5.00 Å². The Labute approximate surface area is 214 Å². The van der Waals surface area contributed by atoms with E-state index in [1.807, 2.05) is 74.5 Å². The van der Waals surface area contributed by atoms with Gasteiger partial charge in [0.1, 0.15) is 10.7 Å². The number of hydrogen-bond acceptors (Lipinski definition) is 5. The summed E-state index contributed by atoms with van der Waals surface area (Å²) in [5.41, 5.74) is 5.10. The topological polar surface area (TPSA) is 73.2 Å². The number of nitrogens with one attached hydrogen (secondary N) is 1. The van der Waals surface area contributed by atoms with E-state index in [0.29, 0.717) is 28.4 Å². The molecule has 1 amide bonds. The van der Waals surface area contributed by atoms with Gasteiger partial charge in [0.2, 0.25) is 0 Å². The van der Waals surface area contributed by atoms with Crippen molar-refractivity contribution in [3.05, 3.63) is 87.9 Å². The molecule has 0 fully saturated rings. The van der Waals surface area contributed by atoms with Gasteiger partial charge in [-0.2, -0.15) is 5.10 Å². The van der Waals surface area contributed by atoms with Crippen LogP contribution in [0.5, 0.6) is 0 Å². The van der Waals surface area contributed by atoms with Crippen LogP contribution in [0.2, 0.25) is 0 Å². The number of para-hydroxylation sites is 1. The van der Waals surface area contributed by atoms with Gasteiger partial charge in [-0.05, 0) is 56.7 Å². The van der Waals surface area contributed by atoms with Crippen molar-refractivity contribution in [2.75, 3.05) is 11.9 Å². The van der Waals surface area contributed by atoms with Crippen LogP contribution < -0.4 is 5.32 Å². The summed E-state index contributed by atoms with van der Waals surface area (Å²) in [7, 11) is 0. The highest BCUT2D eigenvalue weighted by molar-refractivity contribution is 7.17. The molecule has 6 nitrogen and oxygen atoms in total. The average molecular weight is 500 g/mol. The highest BCUT2D eigenvalue weighted by atomic mass is 32.1. The van der Waals surface area contributed by atoms with E-state index >= 15 is 0 Å². The number of ether oxygens (including phenoxy) is 1. The lowest BCUT2D eigenvalue weighted by atomic mass is 9.95. The first-order chi connectivity index (χ1) is 17.6. The summed E-state index contributed by atoms with van der Waals surface area (Å²) in [4.78, 5) is 28.1. The van der Waals surface area contributed by atoms with E-state index in [0.717, 1.165) is 54.6 Å². The van der Waals surface area contributed by atoms with Crippen LogP contribution in [0.3, 0.4) is 0 Å². The van der Waals surface area contributed by atoms with Gasteiger partial charge >= 0.3 is 5.97 Å². The fourth-order valence-corrected chi connectivity index (χ4v) is 5.97. The smallest absolute Gasteiger partial charge is 0.341 e. The number of rotatable bonds is 7. The number of anilines is 1. The second kappa shape index (κ2) is 10.5. The molecule has 0 radical (unpaired) electrons. The Morgan fingerprint density at radius 3 is 2.42 bits per heavy atom. The highest BCUT2D eigenvalue weighted by Crippen LogP contribution is 2.39. The van der Waals surface area contributed by atoms with Crippen molar-refractivity contribution >= 4 is 28.2 Å². The Kier molecular flexibility index (Phi) is 7.00. The van der Waals surface area contributed by atoms with Crippen LogP contribution in [-0.2, 0) is 17.6 Å². The second-order valence-corrected chi connectivity index (χ2v) is 10.0. The molecule has 4 aromatic rings. The molecule has 7 heteroatoms. The molecular weight excluding hydrogens is 470 g/mol. The van der Waals surface area contributed by atoms with E-state index < -0.39 is 0 Å². The third-order valence-corrected chi connectivity index (χ3v) is 7.64. The summed E-state index contributed by atoms with van der Waals surface area (Å²) in [6, 6.07) is 19.5. The Bertz CT molecular complexity index is 1390. The van der Waals surface area contributed by atoms with Gasteiger partial charge in [0.05, 0.1) is 29.1 Å². The maximum absolute atomic E-state index is 13.9. The number of nitrogens with zero attached hydrogens (tertiary/aromatic N) is 2. The van der Waals surface area contributed by atoms with Crippen LogP contribution >= 0.6 is 11.3 Å². The fraction of sp³-hybridized carbons (Fsp3) is 0.276. The van der Waals surface area contributed by atoms with Gasteiger partial charge in [0.15, 0.2) is 0 Å². The number of aryl methyl sites for hydroxylation is 1. The van der Waals surface area contributed by atoms with E-state index in [2.05, 4.69) is 5.32 Å². The highest BCUT2D eigenvalue weighted by Gasteiger charge is 2.29. The minimum Gasteiger partial charge on any atom is -0.462 e. The van der Waals surface area contributed by atoms with Gasteiger partial charge in [0.25, 0.3) is 5.91 Å². The SMILES string of the molecule is CCCOC(=O)c1c(NC(=O)c2c(-c3ccccc3)nn(-c3ccccc3)c2C)sc2c1CCCC2. The molecule has 5 rings (SSSR count). The van der Waals surface area contributed by atoms with Crippen LogP contribution in [0.1, 0.15) is 63.0 Å². The first-order valence-corrected chi connectivity index (χ1v) is 13.2. The van der Waals surface area contributed by atoms with Crippen molar-refractivity contribution in [1.82, 2.24) is 9.78 Å². The normalized spacial score (nSPS) is 12.7. The van der Waals surface area contributed by atoms with E-state index in [4.69, 9.17) is 9.84 Å². The molecule has 2 aromatic carbocycles. The largest absolute Gasteiger partial charge is 0.462 e.